The lowest BCUT2D eigenvalue weighted by molar-refractivity contribution is -0.117. The van der Waals surface area contributed by atoms with Crippen LogP contribution in [0.4, 0.5) is 11.4 Å². The summed E-state index contributed by atoms with van der Waals surface area (Å²) in [5.74, 6) is -2.00. The number of Topliss-reactive ketones (excluding diaryl/α,β-unsaturated/α-hetero) is 1. The van der Waals surface area contributed by atoms with E-state index in [1.165, 1.54) is 23.2 Å². The zero-order chi connectivity index (χ0) is 26.1. The van der Waals surface area contributed by atoms with Crippen molar-refractivity contribution in [1.29, 1.82) is 0 Å². The predicted octanol–water partition coefficient (Wildman–Crippen LogP) is 5.25. The smallest absolute Gasteiger partial charge is 0.294 e. The van der Waals surface area contributed by atoms with Gasteiger partial charge in [0.15, 0.2) is 5.76 Å². The Kier molecular flexibility index (Phi) is 6.37. The molecule has 4 aromatic rings. The van der Waals surface area contributed by atoms with Gasteiger partial charge in [0, 0.05) is 36.3 Å². The maximum Gasteiger partial charge on any atom is 0.294 e. The third-order valence-corrected chi connectivity index (χ3v) is 7.15. The molecule has 1 aliphatic rings. The number of rotatable bonds is 6. The van der Waals surface area contributed by atoms with Crippen molar-refractivity contribution in [2.24, 2.45) is 0 Å². The number of carbonyl (C=O) groups excluding carboxylic acids is 3. The largest absolute Gasteiger partial charge is 0.503 e. The molecule has 184 valence electrons. The molecule has 1 aliphatic heterocycles. The summed E-state index contributed by atoms with van der Waals surface area (Å²) in [5.41, 5.74) is 2.94. The molecular weight excluding hydrogens is 488 g/mol. The topological polar surface area (TPSA) is 112 Å². The van der Waals surface area contributed by atoms with Gasteiger partial charge in [-0.2, -0.15) is 0 Å². The molecule has 2 aromatic carbocycles. The first-order valence-corrected chi connectivity index (χ1v) is 12.3. The molecule has 37 heavy (non-hydrogen) atoms. The second-order valence-electron chi connectivity index (χ2n) is 8.48. The molecule has 0 bridgehead atoms. The molecule has 0 spiro atoms. The molecule has 0 aliphatic carbocycles. The fourth-order valence-corrected chi connectivity index (χ4v) is 5.32. The Labute approximate surface area is 216 Å². The van der Waals surface area contributed by atoms with Crippen LogP contribution in [0, 0.1) is 6.92 Å². The summed E-state index contributed by atoms with van der Waals surface area (Å²) in [6.07, 6.45) is 3.16. The summed E-state index contributed by atoms with van der Waals surface area (Å²) in [5, 5.41) is 14.4. The van der Waals surface area contributed by atoms with Crippen LogP contribution in [0.3, 0.4) is 0 Å². The van der Waals surface area contributed by atoms with Gasteiger partial charge < -0.3 is 10.4 Å². The number of anilines is 2. The van der Waals surface area contributed by atoms with Gasteiger partial charge in [-0.15, -0.1) is 11.3 Å². The molecule has 0 fully saturated rings. The Morgan fingerprint density at radius 3 is 2.41 bits per heavy atom. The van der Waals surface area contributed by atoms with Crippen molar-refractivity contribution in [3.63, 3.8) is 0 Å². The van der Waals surface area contributed by atoms with Crippen LogP contribution in [0.25, 0.3) is 10.6 Å². The van der Waals surface area contributed by atoms with Crippen LogP contribution >= 0.6 is 11.3 Å². The number of aromatic nitrogens is 2. The van der Waals surface area contributed by atoms with E-state index < -0.39 is 23.5 Å². The molecule has 9 heteroatoms. The van der Waals surface area contributed by atoms with Crippen LogP contribution < -0.4 is 10.2 Å². The molecule has 8 nitrogen and oxygen atoms in total. The van der Waals surface area contributed by atoms with Crippen LogP contribution in [0.1, 0.15) is 33.9 Å². The van der Waals surface area contributed by atoms with Gasteiger partial charge in [-0.3, -0.25) is 24.3 Å². The summed E-state index contributed by atoms with van der Waals surface area (Å²) >= 11 is 1.22. The number of amides is 2. The van der Waals surface area contributed by atoms with Crippen LogP contribution in [0.2, 0.25) is 0 Å². The van der Waals surface area contributed by atoms with Crippen molar-refractivity contribution in [1.82, 2.24) is 9.97 Å². The van der Waals surface area contributed by atoms with E-state index in [1.54, 1.807) is 55.7 Å². The van der Waals surface area contributed by atoms with Gasteiger partial charge in [-0.1, -0.05) is 36.4 Å². The molecule has 1 atom stereocenters. The van der Waals surface area contributed by atoms with E-state index >= 15 is 0 Å². The van der Waals surface area contributed by atoms with Crippen molar-refractivity contribution in [3.05, 3.63) is 107 Å². The number of hydrogen-bond acceptors (Lipinski definition) is 7. The summed E-state index contributed by atoms with van der Waals surface area (Å²) in [6, 6.07) is 18.7. The summed E-state index contributed by atoms with van der Waals surface area (Å²) < 4.78 is 0. The number of nitrogens with zero attached hydrogens (tertiary/aromatic N) is 3. The molecule has 0 radical (unpaired) electrons. The molecule has 2 N–H and O–H groups in total. The Balaban J connectivity index is 1.58. The number of aliphatic hydroxyl groups excluding tert-OH is 1. The van der Waals surface area contributed by atoms with Gasteiger partial charge in [-0.05, 0) is 42.8 Å². The molecule has 0 saturated heterocycles. The van der Waals surface area contributed by atoms with Gasteiger partial charge in [0.25, 0.3) is 5.91 Å². The molecule has 5 rings (SSSR count). The van der Waals surface area contributed by atoms with Crippen molar-refractivity contribution < 1.29 is 19.5 Å². The first kappa shape index (κ1) is 24.1. The molecule has 2 amide bonds. The molecular formula is C28H22N4O4S. The lowest BCUT2D eigenvalue weighted by Gasteiger charge is -2.26. The predicted molar refractivity (Wildman–Crippen MR) is 141 cm³/mol. The van der Waals surface area contributed by atoms with E-state index in [-0.39, 0.29) is 11.5 Å². The fourth-order valence-electron chi connectivity index (χ4n) is 4.30. The third-order valence-electron chi connectivity index (χ3n) is 5.94. The van der Waals surface area contributed by atoms with E-state index in [0.29, 0.717) is 32.5 Å². The summed E-state index contributed by atoms with van der Waals surface area (Å²) in [7, 11) is 0. The monoisotopic (exact) mass is 510 g/mol. The average Bonchev–Trinajstić information content (AvgIpc) is 3.42. The van der Waals surface area contributed by atoms with Crippen molar-refractivity contribution in [3.8, 4) is 10.6 Å². The van der Waals surface area contributed by atoms with E-state index in [0.717, 1.165) is 5.56 Å². The van der Waals surface area contributed by atoms with Crippen molar-refractivity contribution in [2.75, 3.05) is 10.2 Å². The number of aliphatic hydroxyl groups is 1. The van der Waals surface area contributed by atoms with Crippen LogP contribution in [-0.2, 0) is 9.59 Å². The van der Waals surface area contributed by atoms with E-state index in [2.05, 4.69) is 15.3 Å². The average molecular weight is 511 g/mol. The lowest BCUT2D eigenvalue weighted by Crippen LogP contribution is -2.31. The van der Waals surface area contributed by atoms with E-state index in [4.69, 9.17) is 0 Å². The number of aryl methyl sites for hydroxylation is 1. The zero-order valence-electron chi connectivity index (χ0n) is 20.0. The Morgan fingerprint density at radius 2 is 1.76 bits per heavy atom. The number of nitrogens with one attached hydrogen (secondary N) is 1. The quantitative estimate of drug-likeness (QED) is 0.343. The van der Waals surface area contributed by atoms with Gasteiger partial charge >= 0.3 is 0 Å². The van der Waals surface area contributed by atoms with Crippen LogP contribution in [0.15, 0.2) is 90.5 Å². The summed E-state index contributed by atoms with van der Waals surface area (Å²) in [6.45, 7) is 3.14. The molecule has 2 aromatic heterocycles. The first-order valence-electron chi connectivity index (χ1n) is 11.5. The Morgan fingerprint density at radius 1 is 1.03 bits per heavy atom. The molecule has 1 unspecified atom stereocenters. The highest BCUT2D eigenvalue weighted by Crippen LogP contribution is 2.43. The SMILES string of the molecule is CC(=O)Nc1ccc(N2C(=O)C(O)=C(C(=O)c3sc(-c4ccccc4)nc3C)C2c2cccnc2)cc1. The number of carbonyl (C=O) groups is 3. The minimum atomic E-state index is -0.901. The number of pyridine rings is 1. The van der Waals surface area contributed by atoms with E-state index in [1.807, 2.05) is 30.3 Å². The van der Waals surface area contributed by atoms with Crippen molar-refractivity contribution >= 4 is 40.3 Å². The normalized spacial score (nSPS) is 15.2. The third kappa shape index (κ3) is 4.52. The summed E-state index contributed by atoms with van der Waals surface area (Å²) in [4.78, 5) is 49.1. The van der Waals surface area contributed by atoms with Gasteiger partial charge in [0.2, 0.25) is 11.7 Å². The van der Waals surface area contributed by atoms with Crippen molar-refractivity contribution in [2.45, 2.75) is 19.9 Å². The molecule has 3 heterocycles. The van der Waals surface area contributed by atoms with Crippen LogP contribution in [-0.4, -0.2) is 32.7 Å². The fraction of sp³-hybridized carbons (Fsp3) is 0.107. The van der Waals surface area contributed by atoms with E-state index in [9.17, 15) is 19.5 Å². The number of ketones is 1. The Hall–Kier alpha value is -4.63. The first-order chi connectivity index (χ1) is 17.8. The minimum Gasteiger partial charge on any atom is -0.503 e. The maximum atomic E-state index is 13.9. The zero-order valence-corrected chi connectivity index (χ0v) is 20.8. The lowest BCUT2D eigenvalue weighted by atomic mass is 9.96. The standard InChI is InChI=1S/C28H22N4O4S/c1-16-26(37-27(30-16)18-7-4-3-5-8-18)24(34)22-23(19-9-6-14-29-15-19)32(28(36)25(22)35)21-12-10-20(11-13-21)31-17(2)33/h3-15,23,35H,1-2H3,(H,31,33). The number of benzene rings is 2. The highest BCUT2D eigenvalue weighted by atomic mass is 32.1. The van der Waals surface area contributed by atoms with Gasteiger partial charge in [0.1, 0.15) is 5.01 Å². The maximum absolute atomic E-state index is 13.9. The highest BCUT2D eigenvalue weighted by Gasteiger charge is 2.45. The minimum absolute atomic E-state index is 0.0321. The van der Waals surface area contributed by atoms with Crippen LogP contribution in [0.5, 0.6) is 0 Å². The number of thiazole rings is 1. The molecule has 0 saturated carbocycles. The second kappa shape index (κ2) is 9.79. The Bertz CT molecular complexity index is 1530. The van der Waals surface area contributed by atoms with Gasteiger partial charge in [0.05, 0.1) is 22.2 Å². The second-order valence-corrected chi connectivity index (χ2v) is 9.48. The number of hydrogen-bond donors (Lipinski definition) is 2. The highest BCUT2D eigenvalue weighted by molar-refractivity contribution is 7.17. The van der Waals surface area contributed by atoms with Gasteiger partial charge in [-0.25, -0.2) is 4.98 Å².